The summed E-state index contributed by atoms with van der Waals surface area (Å²) in [5.41, 5.74) is 1.90. The minimum Gasteiger partial charge on any atom is -0.493 e. The molecule has 0 atom stereocenters. The summed E-state index contributed by atoms with van der Waals surface area (Å²) in [6.45, 7) is 2.02. The van der Waals surface area contributed by atoms with E-state index in [1.54, 1.807) is 26.4 Å². The normalized spacial score (nSPS) is 9.96. The van der Waals surface area contributed by atoms with Crippen molar-refractivity contribution in [2.75, 3.05) is 32.6 Å². The second-order valence-corrected chi connectivity index (χ2v) is 5.63. The highest BCUT2D eigenvalue weighted by molar-refractivity contribution is 6.32. The number of methoxy groups -OCH3 is 2. The lowest BCUT2D eigenvalue weighted by molar-refractivity contribution is -0.384. The van der Waals surface area contributed by atoms with Crippen LogP contribution in [0.15, 0.2) is 36.4 Å². The van der Waals surface area contributed by atoms with Gasteiger partial charge in [0.25, 0.3) is 5.69 Å². The number of anilines is 1. The molecule has 26 heavy (non-hydrogen) atoms. The van der Waals surface area contributed by atoms with Crippen molar-refractivity contribution in [2.24, 2.45) is 0 Å². The van der Waals surface area contributed by atoms with Crippen molar-refractivity contribution in [3.05, 3.63) is 57.1 Å². The standard InChI is InChI=1S/C17H20ClN3O4.ClH/c1-24-16-10-12(9-15(18)17(16)25-2)11-19-7-8-20-13-3-5-14(6-4-13)21(22)23;/h3-6,9-10,19-20H,7-8,11H2,1-2H3;1H. The molecule has 0 aromatic heterocycles. The van der Waals surface area contributed by atoms with E-state index in [0.717, 1.165) is 11.3 Å². The molecule has 0 aliphatic heterocycles. The third kappa shape index (κ3) is 5.94. The highest BCUT2D eigenvalue weighted by Crippen LogP contribution is 2.35. The number of hydrogen-bond acceptors (Lipinski definition) is 6. The molecule has 0 fully saturated rings. The Balaban J connectivity index is 0.00000338. The Morgan fingerprint density at radius 1 is 1.12 bits per heavy atom. The number of ether oxygens (including phenoxy) is 2. The molecule has 0 aliphatic carbocycles. The van der Waals surface area contributed by atoms with Gasteiger partial charge in [0.15, 0.2) is 11.5 Å². The van der Waals surface area contributed by atoms with Gasteiger partial charge >= 0.3 is 0 Å². The van der Waals surface area contributed by atoms with Gasteiger partial charge in [-0.1, -0.05) is 11.6 Å². The molecule has 2 aromatic rings. The molecule has 7 nitrogen and oxygen atoms in total. The summed E-state index contributed by atoms with van der Waals surface area (Å²) < 4.78 is 10.5. The van der Waals surface area contributed by atoms with Crippen molar-refractivity contribution in [3.8, 4) is 11.5 Å². The van der Waals surface area contributed by atoms with Crippen LogP contribution < -0.4 is 20.1 Å². The van der Waals surface area contributed by atoms with Crippen molar-refractivity contribution < 1.29 is 14.4 Å². The fraction of sp³-hybridized carbons (Fsp3) is 0.294. The Morgan fingerprint density at radius 3 is 2.38 bits per heavy atom. The quantitative estimate of drug-likeness (QED) is 0.376. The Morgan fingerprint density at radius 2 is 1.81 bits per heavy atom. The number of nitrogens with one attached hydrogen (secondary N) is 2. The van der Waals surface area contributed by atoms with Crippen molar-refractivity contribution in [1.82, 2.24) is 5.32 Å². The van der Waals surface area contributed by atoms with E-state index in [-0.39, 0.29) is 18.1 Å². The van der Waals surface area contributed by atoms with Gasteiger partial charge < -0.3 is 20.1 Å². The summed E-state index contributed by atoms with van der Waals surface area (Å²) in [5.74, 6) is 1.11. The minimum absolute atomic E-state index is 0. The zero-order chi connectivity index (χ0) is 18.2. The van der Waals surface area contributed by atoms with Crippen LogP contribution >= 0.6 is 24.0 Å². The van der Waals surface area contributed by atoms with Crippen LogP contribution in [-0.2, 0) is 6.54 Å². The smallest absolute Gasteiger partial charge is 0.269 e. The predicted molar refractivity (Wildman–Crippen MR) is 105 cm³/mol. The number of nitro groups is 1. The van der Waals surface area contributed by atoms with E-state index in [2.05, 4.69) is 10.6 Å². The molecule has 0 amide bonds. The number of non-ortho nitro benzene ring substituents is 1. The van der Waals surface area contributed by atoms with Gasteiger partial charge in [-0.25, -0.2) is 0 Å². The molecule has 2 aromatic carbocycles. The first kappa shape index (κ1) is 21.8. The van der Waals surface area contributed by atoms with Crippen molar-refractivity contribution in [2.45, 2.75) is 6.54 Å². The van der Waals surface area contributed by atoms with Gasteiger partial charge in [-0.3, -0.25) is 10.1 Å². The first-order chi connectivity index (χ1) is 12.0. The number of rotatable bonds is 9. The maximum Gasteiger partial charge on any atom is 0.269 e. The highest BCUT2D eigenvalue weighted by atomic mass is 35.5. The molecular formula is C17H21Cl2N3O4. The Kier molecular flexibility index (Phi) is 8.98. The molecule has 0 aliphatic rings. The first-order valence-corrected chi connectivity index (χ1v) is 8.02. The van der Waals surface area contributed by atoms with Gasteiger partial charge in [-0.2, -0.15) is 0 Å². The molecule has 2 rings (SSSR count). The van der Waals surface area contributed by atoms with E-state index in [0.29, 0.717) is 36.2 Å². The molecule has 0 heterocycles. The fourth-order valence-corrected chi connectivity index (χ4v) is 2.61. The SMILES string of the molecule is COc1cc(CNCCNc2ccc([N+](=O)[O-])cc2)cc(Cl)c1OC.Cl. The van der Waals surface area contributed by atoms with Crippen LogP contribution in [0.3, 0.4) is 0 Å². The second-order valence-electron chi connectivity index (χ2n) is 5.22. The largest absolute Gasteiger partial charge is 0.493 e. The van der Waals surface area contributed by atoms with Crippen molar-refractivity contribution in [3.63, 3.8) is 0 Å². The predicted octanol–water partition coefficient (Wildman–Crippen LogP) is 3.89. The molecule has 9 heteroatoms. The Bertz CT molecular complexity index is 727. The summed E-state index contributed by atoms with van der Waals surface area (Å²) >= 11 is 6.18. The zero-order valence-electron chi connectivity index (χ0n) is 14.5. The molecule has 2 N–H and O–H groups in total. The van der Waals surface area contributed by atoms with Gasteiger partial charge in [0.05, 0.1) is 24.2 Å². The monoisotopic (exact) mass is 401 g/mol. The van der Waals surface area contributed by atoms with Crippen LogP contribution in [0.1, 0.15) is 5.56 Å². The van der Waals surface area contributed by atoms with E-state index in [9.17, 15) is 10.1 Å². The third-order valence-corrected chi connectivity index (χ3v) is 3.81. The van der Waals surface area contributed by atoms with Crippen LogP contribution in [0.2, 0.25) is 5.02 Å². The van der Waals surface area contributed by atoms with E-state index >= 15 is 0 Å². The molecule has 0 unspecified atom stereocenters. The molecule has 0 bridgehead atoms. The zero-order valence-corrected chi connectivity index (χ0v) is 16.0. The first-order valence-electron chi connectivity index (χ1n) is 7.64. The van der Waals surface area contributed by atoms with Crippen LogP contribution in [0.5, 0.6) is 11.5 Å². The number of nitrogens with zero attached hydrogens (tertiary/aromatic N) is 1. The molecule has 142 valence electrons. The van der Waals surface area contributed by atoms with E-state index in [4.69, 9.17) is 21.1 Å². The maximum atomic E-state index is 10.6. The third-order valence-electron chi connectivity index (χ3n) is 3.53. The summed E-state index contributed by atoms with van der Waals surface area (Å²) in [6.07, 6.45) is 0. The number of nitro benzene ring substituents is 1. The summed E-state index contributed by atoms with van der Waals surface area (Å²) in [6, 6.07) is 10.0. The molecule has 0 saturated heterocycles. The van der Waals surface area contributed by atoms with E-state index in [1.165, 1.54) is 12.1 Å². The van der Waals surface area contributed by atoms with Crippen LogP contribution in [0.25, 0.3) is 0 Å². The number of benzene rings is 2. The highest BCUT2D eigenvalue weighted by Gasteiger charge is 2.10. The topological polar surface area (TPSA) is 85.7 Å². The number of hydrogen-bond donors (Lipinski definition) is 2. The van der Waals surface area contributed by atoms with Gasteiger partial charge in [-0.05, 0) is 29.8 Å². The number of halogens is 2. The van der Waals surface area contributed by atoms with Gasteiger partial charge in [0, 0.05) is 37.5 Å². The van der Waals surface area contributed by atoms with Crippen molar-refractivity contribution >= 4 is 35.4 Å². The molecule has 0 saturated carbocycles. The minimum atomic E-state index is -0.417. The van der Waals surface area contributed by atoms with E-state index < -0.39 is 4.92 Å². The van der Waals surface area contributed by atoms with Gasteiger partial charge in [-0.15, -0.1) is 12.4 Å². The van der Waals surface area contributed by atoms with Crippen LogP contribution in [0, 0.1) is 10.1 Å². The second kappa shape index (κ2) is 10.7. The van der Waals surface area contributed by atoms with Crippen molar-refractivity contribution in [1.29, 1.82) is 0 Å². The molecule has 0 spiro atoms. The average molecular weight is 402 g/mol. The lowest BCUT2D eigenvalue weighted by atomic mass is 10.2. The average Bonchev–Trinajstić information content (AvgIpc) is 2.61. The molecule has 0 radical (unpaired) electrons. The van der Waals surface area contributed by atoms with Crippen LogP contribution in [0.4, 0.5) is 11.4 Å². The summed E-state index contributed by atoms with van der Waals surface area (Å²) in [5, 5.41) is 17.6. The van der Waals surface area contributed by atoms with E-state index in [1.807, 2.05) is 12.1 Å². The summed E-state index contributed by atoms with van der Waals surface area (Å²) in [7, 11) is 3.12. The van der Waals surface area contributed by atoms with Gasteiger partial charge in [0.2, 0.25) is 0 Å². The fourth-order valence-electron chi connectivity index (χ4n) is 2.30. The lowest BCUT2D eigenvalue weighted by Gasteiger charge is -2.12. The van der Waals surface area contributed by atoms with Crippen LogP contribution in [-0.4, -0.2) is 32.2 Å². The maximum absolute atomic E-state index is 10.6. The Labute approximate surface area is 163 Å². The Hall–Kier alpha value is -2.22. The van der Waals surface area contributed by atoms with Gasteiger partial charge in [0.1, 0.15) is 0 Å². The lowest BCUT2D eigenvalue weighted by Crippen LogP contribution is -2.21. The molecular weight excluding hydrogens is 381 g/mol. The summed E-state index contributed by atoms with van der Waals surface area (Å²) in [4.78, 5) is 10.2.